The molecule has 1 aliphatic heterocycles. The molecule has 2 rings (SSSR count). The number of quaternary nitrogens is 1. The Labute approximate surface area is 79.0 Å². The van der Waals surface area contributed by atoms with Gasteiger partial charge >= 0.3 is 0 Å². The van der Waals surface area contributed by atoms with Crippen molar-refractivity contribution in [1.29, 1.82) is 0 Å². The first-order valence-electron chi connectivity index (χ1n) is 4.84. The third kappa shape index (κ3) is 1.45. The highest BCUT2D eigenvalue weighted by atomic mass is 15.7. The minimum absolute atomic E-state index is 0.897. The predicted octanol–water partition coefficient (Wildman–Crippen LogP) is 1.32. The summed E-state index contributed by atoms with van der Waals surface area (Å²) in [5.41, 5.74) is 4.67. The molecular weight excluding hydrogens is 162 g/mol. The number of nitrogens with one attached hydrogen (secondary N) is 1. The molecule has 0 radical (unpaired) electrons. The van der Waals surface area contributed by atoms with Gasteiger partial charge in [0.15, 0.2) is 5.69 Å². The van der Waals surface area contributed by atoms with Gasteiger partial charge in [0.1, 0.15) is 13.1 Å². The highest BCUT2D eigenvalue weighted by molar-refractivity contribution is 5.39. The molecule has 13 heavy (non-hydrogen) atoms. The smallest absolute Gasteiger partial charge is 0.170 e. The predicted molar refractivity (Wildman–Crippen MR) is 54.1 cm³/mol. The summed E-state index contributed by atoms with van der Waals surface area (Å²) in [7, 11) is 2.03. The van der Waals surface area contributed by atoms with Gasteiger partial charge in [-0.3, -0.25) is 4.98 Å². The number of hydrogen-bond donors (Lipinski definition) is 1. The molecule has 1 fully saturated rings. The van der Waals surface area contributed by atoms with Crippen LogP contribution in [0, 0.1) is 0 Å². The molecule has 0 amide bonds. The van der Waals surface area contributed by atoms with E-state index in [1.54, 1.807) is 0 Å². The molecule has 1 saturated heterocycles. The summed E-state index contributed by atoms with van der Waals surface area (Å²) in [6, 6.07) is 4.15. The van der Waals surface area contributed by atoms with Gasteiger partial charge in [0.05, 0.1) is 6.20 Å². The molecule has 0 aromatic carbocycles. The van der Waals surface area contributed by atoms with Crippen LogP contribution in [0.2, 0.25) is 0 Å². The fraction of sp³-hybridized carbons (Fsp3) is 0.500. The molecule has 3 heteroatoms. The van der Waals surface area contributed by atoms with Gasteiger partial charge in [-0.15, -0.1) is 0 Å². The minimum atomic E-state index is 0.897. The van der Waals surface area contributed by atoms with Crippen LogP contribution in [0.5, 0.6) is 0 Å². The van der Waals surface area contributed by atoms with Gasteiger partial charge in [-0.1, -0.05) is 0 Å². The Morgan fingerprint density at radius 3 is 2.69 bits per heavy atom. The molecule has 0 bridgehead atoms. The van der Waals surface area contributed by atoms with E-state index in [9.17, 15) is 0 Å². The Morgan fingerprint density at radius 2 is 2.15 bits per heavy atom. The lowest BCUT2D eigenvalue weighted by atomic mass is 10.3. The van der Waals surface area contributed by atoms with E-state index in [0.717, 1.165) is 4.59 Å². The van der Waals surface area contributed by atoms with E-state index < -0.39 is 0 Å². The van der Waals surface area contributed by atoms with Gasteiger partial charge in [0.25, 0.3) is 0 Å². The number of hydrogen-bond acceptors (Lipinski definition) is 2. The lowest BCUT2D eigenvalue weighted by Gasteiger charge is -2.30. The Balaban J connectivity index is 2.31. The largest absolute Gasteiger partial charge is 0.258 e. The monoisotopic (exact) mass is 178 g/mol. The van der Waals surface area contributed by atoms with Gasteiger partial charge in [-0.25, -0.2) is 4.59 Å². The van der Waals surface area contributed by atoms with Gasteiger partial charge < -0.3 is 0 Å². The first kappa shape index (κ1) is 8.66. The molecule has 3 nitrogen and oxygen atoms in total. The third-order valence-corrected chi connectivity index (χ3v) is 2.90. The quantitative estimate of drug-likeness (QED) is 0.691. The third-order valence-electron chi connectivity index (χ3n) is 2.90. The molecule has 0 atom stereocenters. The van der Waals surface area contributed by atoms with Crippen molar-refractivity contribution in [3.8, 4) is 0 Å². The Bertz CT molecular complexity index is 265. The number of aromatic nitrogens is 1. The van der Waals surface area contributed by atoms with Crippen LogP contribution in [0.25, 0.3) is 0 Å². The minimum Gasteiger partial charge on any atom is -0.258 e. The van der Waals surface area contributed by atoms with Gasteiger partial charge in [-0.05, 0) is 6.07 Å². The second kappa shape index (κ2) is 3.44. The summed E-state index contributed by atoms with van der Waals surface area (Å²) < 4.78 is 0.897. The van der Waals surface area contributed by atoms with E-state index in [2.05, 4.69) is 16.5 Å². The molecule has 0 aliphatic carbocycles. The highest BCUT2D eigenvalue weighted by Gasteiger charge is 2.33. The van der Waals surface area contributed by atoms with Gasteiger partial charge in [0, 0.05) is 32.2 Å². The van der Waals surface area contributed by atoms with Crippen molar-refractivity contribution in [2.24, 2.45) is 0 Å². The fourth-order valence-electron chi connectivity index (χ4n) is 2.09. The van der Waals surface area contributed by atoms with Crippen molar-refractivity contribution < 1.29 is 0 Å². The second-order valence-corrected chi connectivity index (χ2v) is 3.56. The summed E-state index contributed by atoms with van der Waals surface area (Å²) in [5, 5.41) is 0. The summed E-state index contributed by atoms with van der Waals surface area (Å²) >= 11 is 0. The maximum absolute atomic E-state index is 4.17. The van der Waals surface area contributed by atoms with Crippen LogP contribution in [0.15, 0.2) is 24.5 Å². The molecule has 0 saturated carbocycles. The molecule has 70 valence electrons. The second-order valence-electron chi connectivity index (χ2n) is 3.56. The molecule has 0 spiro atoms. The van der Waals surface area contributed by atoms with Gasteiger partial charge in [0.2, 0.25) is 0 Å². The van der Waals surface area contributed by atoms with Crippen LogP contribution < -0.4 is 10.0 Å². The Hall–Kier alpha value is -0.930. The van der Waals surface area contributed by atoms with Crippen molar-refractivity contribution in [2.75, 3.05) is 20.1 Å². The topological polar surface area (TPSA) is 24.9 Å². The highest BCUT2D eigenvalue weighted by Crippen LogP contribution is 2.25. The maximum atomic E-state index is 4.17. The molecule has 2 heterocycles. The fourth-order valence-corrected chi connectivity index (χ4v) is 2.09. The van der Waals surface area contributed by atoms with Crippen LogP contribution in [-0.4, -0.2) is 25.1 Å². The van der Waals surface area contributed by atoms with E-state index in [4.69, 9.17) is 0 Å². The summed E-state index contributed by atoms with van der Waals surface area (Å²) in [6.07, 6.45) is 6.39. The van der Waals surface area contributed by atoms with E-state index in [0.29, 0.717) is 0 Å². The molecule has 1 aromatic heterocycles. The van der Waals surface area contributed by atoms with E-state index in [1.807, 2.05) is 25.5 Å². The van der Waals surface area contributed by atoms with E-state index in [1.165, 1.54) is 31.6 Å². The number of pyridine rings is 1. The first-order chi connectivity index (χ1) is 6.37. The van der Waals surface area contributed by atoms with E-state index >= 15 is 0 Å². The van der Waals surface area contributed by atoms with Crippen molar-refractivity contribution in [2.45, 2.75) is 12.8 Å². The zero-order valence-corrected chi connectivity index (χ0v) is 8.03. The van der Waals surface area contributed by atoms with Crippen molar-refractivity contribution in [1.82, 2.24) is 15.0 Å². The van der Waals surface area contributed by atoms with E-state index in [-0.39, 0.29) is 0 Å². The summed E-state index contributed by atoms with van der Waals surface area (Å²) in [6.45, 7) is 2.37. The first-order valence-corrected chi connectivity index (χ1v) is 4.84. The number of rotatable bonds is 2. The van der Waals surface area contributed by atoms with Crippen molar-refractivity contribution in [3.63, 3.8) is 0 Å². The van der Waals surface area contributed by atoms with Crippen LogP contribution in [0.3, 0.4) is 0 Å². The molecule has 0 unspecified atom stereocenters. The number of nitrogens with zero attached hydrogens (tertiary/aromatic N) is 2. The molecule has 1 aliphatic rings. The Kier molecular flexibility index (Phi) is 2.29. The zero-order valence-electron chi connectivity index (χ0n) is 8.03. The lowest BCUT2D eigenvalue weighted by Crippen LogP contribution is -2.55. The summed E-state index contributed by atoms with van der Waals surface area (Å²) in [4.78, 5) is 4.17. The lowest BCUT2D eigenvalue weighted by molar-refractivity contribution is 0.259. The van der Waals surface area contributed by atoms with Crippen LogP contribution in [0.4, 0.5) is 5.69 Å². The SMILES string of the molecule is CN[N+]1(c2cccnc2)CCCC1. The summed E-state index contributed by atoms with van der Waals surface area (Å²) in [5.74, 6) is 0. The molecule has 1 aromatic rings. The normalized spacial score (nSPS) is 20.4. The van der Waals surface area contributed by atoms with Crippen LogP contribution >= 0.6 is 0 Å². The van der Waals surface area contributed by atoms with Gasteiger partial charge in [-0.2, -0.15) is 5.43 Å². The Morgan fingerprint density at radius 1 is 1.38 bits per heavy atom. The molecule has 1 N–H and O–H groups in total. The van der Waals surface area contributed by atoms with Crippen LogP contribution in [-0.2, 0) is 0 Å². The maximum Gasteiger partial charge on any atom is 0.170 e. The van der Waals surface area contributed by atoms with Crippen molar-refractivity contribution >= 4 is 5.69 Å². The average Bonchev–Trinajstić information content (AvgIpc) is 2.69. The zero-order chi connectivity index (χ0) is 9.15. The van der Waals surface area contributed by atoms with Crippen LogP contribution in [0.1, 0.15) is 12.8 Å². The standard InChI is InChI=1S/C10H16N3/c1-11-13(7-2-3-8-13)10-5-4-6-12-9-10/h4-6,9,11H,2-3,7-8H2,1H3/q+1. The molecular formula is C10H16N3+. The average molecular weight is 178 g/mol. The van der Waals surface area contributed by atoms with Crippen molar-refractivity contribution in [3.05, 3.63) is 24.5 Å².